The van der Waals surface area contributed by atoms with Gasteiger partial charge in [-0.3, -0.25) is 0 Å². The van der Waals surface area contributed by atoms with Crippen molar-refractivity contribution in [2.75, 3.05) is 30.9 Å². The number of aromatic carboxylic acids is 1. The van der Waals surface area contributed by atoms with Crippen LogP contribution in [0.2, 0.25) is 0 Å². The number of benzene rings is 1. The third-order valence-electron chi connectivity index (χ3n) is 2.72. The highest BCUT2D eigenvalue weighted by Crippen LogP contribution is 2.25. The van der Waals surface area contributed by atoms with Gasteiger partial charge in [-0.05, 0) is 32.0 Å². The van der Waals surface area contributed by atoms with Crippen LogP contribution in [-0.2, 0) is 4.74 Å². The minimum absolute atomic E-state index is 0.182. The maximum Gasteiger partial charge on any atom is 0.337 e. The van der Waals surface area contributed by atoms with Gasteiger partial charge in [0.2, 0.25) is 0 Å². The number of anilines is 2. The monoisotopic (exact) mass is 252 g/mol. The third kappa shape index (κ3) is 3.37. The molecule has 5 nitrogen and oxygen atoms in total. The van der Waals surface area contributed by atoms with Crippen molar-refractivity contribution in [3.63, 3.8) is 0 Å². The molecule has 1 aromatic rings. The van der Waals surface area contributed by atoms with Gasteiger partial charge in [-0.25, -0.2) is 4.79 Å². The second kappa shape index (κ2) is 6.26. The number of carboxylic acids is 1. The Balaban J connectivity index is 3.14. The number of nitrogens with zero attached hydrogens (tertiary/aromatic N) is 1. The molecule has 5 heteroatoms. The number of carbonyl (C=O) groups is 1. The average molecular weight is 252 g/mol. The van der Waals surface area contributed by atoms with E-state index in [4.69, 9.17) is 10.5 Å². The van der Waals surface area contributed by atoms with Crippen LogP contribution in [-0.4, -0.2) is 37.4 Å². The Morgan fingerprint density at radius 3 is 2.67 bits per heavy atom. The summed E-state index contributed by atoms with van der Waals surface area (Å²) in [6.45, 7) is 5.20. The van der Waals surface area contributed by atoms with Crippen molar-refractivity contribution in [3.8, 4) is 0 Å². The number of nitrogens with two attached hydrogens (primary N) is 1. The highest BCUT2D eigenvalue weighted by molar-refractivity contribution is 5.95. The highest BCUT2D eigenvalue weighted by atomic mass is 16.5. The zero-order valence-electron chi connectivity index (χ0n) is 11.0. The molecule has 0 atom stereocenters. The van der Waals surface area contributed by atoms with Gasteiger partial charge in [0, 0.05) is 25.4 Å². The summed E-state index contributed by atoms with van der Waals surface area (Å²) in [5.41, 5.74) is 6.98. The number of ether oxygens (including phenoxy) is 1. The summed E-state index contributed by atoms with van der Waals surface area (Å²) in [5.74, 6) is -0.972. The van der Waals surface area contributed by atoms with Gasteiger partial charge in [-0.2, -0.15) is 0 Å². The van der Waals surface area contributed by atoms with Crippen LogP contribution >= 0.6 is 0 Å². The van der Waals surface area contributed by atoms with Crippen molar-refractivity contribution < 1.29 is 14.6 Å². The normalized spacial score (nSPS) is 10.7. The van der Waals surface area contributed by atoms with Gasteiger partial charge in [-0.15, -0.1) is 0 Å². The number of nitrogen functional groups attached to an aromatic ring is 1. The summed E-state index contributed by atoms with van der Waals surface area (Å²) in [7, 11) is 1.62. The molecular weight excluding hydrogens is 232 g/mol. The first-order valence-electron chi connectivity index (χ1n) is 5.85. The van der Waals surface area contributed by atoms with Crippen LogP contribution in [0.4, 0.5) is 11.4 Å². The second-order valence-corrected chi connectivity index (χ2v) is 4.36. The molecule has 0 aromatic heterocycles. The molecule has 0 aliphatic carbocycles. The summed E-state index contributed by atoms with van der Waals surface area (Å²) < 4.78 is 5.05. The van der Waals surface area contributed by atoms with E-state index in [1.807, 2.05) is 18.7 Å². The Morgan fingerprint density at radius 2 is 2.17 bits per heavy atom. The highest BCUT2D eigenvalue weighted by Gasteiger charge is 2.18. The first kappa shape index (κ1) is 14.3. The predicted molar refractivity (Wildman–Crippen MR) is 72.2 cm³/mol. The second-order valence-electron chi connectivity index (χ2n) is 4.36. The molecule has 1 rings (SSSR count). The molecule has 0 unspecified atom stereocenters. The van der Waals surface area contributed by atoms with Crippen molar-refractivity contribution >= 4 is 17.3 Å². The standard InChI is InChI=1S/C13H20N2O3/c1-9(2)15(6-7-18-3)12-5-4-10(14)8-11(12)13(16)17/h4-5,8-9H,6-7,14H2,1-3H3,(H,16,17). The maximum atomic E-state index is 11.3. The van der Waals surface area contributed by atoms with Gasteiger partial charge in [0.15, 0.2) is 0 Å². The third-order valence-corrected chi connectivity index (χ3v) is 2.72. The SMILES string of the molecule is COCCN(c1ccc(N)cc1C(=O)O)C(C)C. The number of hydrogen-bond donors (Lipinski definition) is 2. The Kier molecular flexibility index (Phi) is 4.97. The van der Waals surface area contributed by atoms with Crippen LogP contribution in [0.15, 0.2) is 18.2 Å². The van der Waals surface area contributed by atoms with Crippen LogP contribution in [0, 0.1) is 0 Å². The molecule has 100 valence electrons. The molecule has 0 saturated heterocycles. The predicted octanol–water partition coefficient (Wildman–Crippen LogP) is 1.83. The Morgan fingerprint density at radius 1 is 1.50 bits per heavy atom. The fourth-order valence-corrected chi connectivity index (χ4v) is 1.82. The van der Waals surface area contributed by atoms with Gasteiger partial charge in [-0.1, -0.05) is 0 Å². The molecule has 0 radical (unpaired) electrons. The lowest BCUT2D eigenvalue weighted by Crippen LogP contribution is -2.35. The topological polar surface area (TPSA) is 75.8 Å². The lowest BCUT2D eigenvalue weighted by atomic mass is 10.1. The first-order chi connectivity index (χ1) is 8.47. The van der Waals surface area contributed by atoms with Crippen LogP contribution in [0.3, 0.4) is 0 Å². The molecule has 3 N–H and O–H groups in total. The quantitative estimate of drug-likeness (QED) is 0.755. The van der Waals surface area contributed by atoms with Crippen molar-refractivity contribution in [2.24, 2.45) is 0 Å². The van der Waals surface area contributed by atoms with Crippen molar-refractivity contribution in [3.05, 3.63) is 23.8 Å². The minimum atomic E-state index is -0.972. The van der Waals surface area contributed by atoms with Crippen LogP contribution in [0.5, 0.6) is 0 Å². The van der Waals surface area contributed by atoms with Crippen LogP contribution < -0.4 is 10.6 Å². The summed E-state index contributed by atoms with van der Waals surface area (Å²) in [5, 5.41) is 9.23. The molecule has 18 heavy (non-hydrogen) atoms. The number of rotatable bonds is 6. The molecule has 0 bridgehead atoms. The van der Waals surface area contributed by atoms with E-state index in [9.17, 15) is 9.90 Å². The zero-order valence-corrected chi connectivity index (χ0v) is 11.0. The summed E-state index contributed by atoms with van der Waals surface area (Å²) in [6, 6.07) is 5.13. The lowest BCUT2D eigenvalue weighted by Gasteiger charge is -2.30. The fraction of sp³-hybridized carbons (Fsp3) is 0.462. The molecule has 0 aliphatic rings. The van der Waals surface area contributed by atoms with E-state index >= 15 is 0 Å². The zero-order chi connectivity index (χ0) is 13.7. The minimum Gasteiger partial charge on any atom is -0.478 e. The molecular formula is C13H20N2O3. The first-order valence-corrected chi connectivity index (χ1v) is 5.85. The van der Waals surface area contributed by atoms with Crippen molar-refractivity contribution in [1.29, 1.82) is 0 Å². The lowest BCUT2D eigenvalue weighted by molar-refractivity contribution is 0.0697. The van der Waals surface area contributed by atoms with E-state index in [-0.39, 0.29) is 11.6 Å². The molecule has 0 aliphatic heterocycles. The van der Waals surface area contributed by atoms with Crippen molar-refractivity contribution in [1.82, 2.24) is 0 Å². The summed E-state index contributed by atoms with van der Waals surface area (Å²) >= 11 is 0. The van der Waals surface area contributed by atoms with Gasteiger partial charge in [0.25, 0.3) is 0 Å². The van der Waals surface area contributed by atoms with E-state index in [2.05, 4.69) is 0 Å². The molecule has 0 heterocycles. The summed E-state index contributed by atoms with van der Waals surface area (Å²) in [6.07, 6.45) is 0. The molecule has 0 spiro atoms. The van der Waals surface area contributed by atoms with Gasteiger partial charge >= 0.3 is 5.97 Å². The van der Waals surface area contributed by atoms with E-state index in [1.54, 1.807) is 19.2 Å². The largest absolute Gasteiger partial charge is 0.478 e. The Hall–Kier alpha value is -1.75. The van der Waals surface area contributed by atoms with E-state index < -0.39 is 5.97 Å². The van der Waals surface area contributed by atoms with Crippen LogP contribution in [0.25, 0.3) is 0 Å². The molecule has 0 amide bonds. The number of methoxy groups -OCH3 is 1. The molecule has 0 fully saturated rings. The fourth-order valence-electron chi connectivity index (χ4n) is 1.82. The molecule has 1 aromatic carbocycles. The Labute approximate surface area is 107 Å². The average Bonchev–Trinajstić information content (AvgIpc) is 2.30. The van der Waals surface area contributed by atoms with Crippen molar-refractivity contribution in [2.45, 2.75) is 19.9 Å². The van der Waals surface area contributed by atoms with Gasteiger partial charge in [0.1, 0.15) is 0 Å². The molecule has 0 saturated carbocycles. The van der Waals surface area contributed by atoms with E-state index in [1.165, 1.54) is 6.07 Å². The van der Waals surface area contributed by atoms with Crippen LogP contribution in [0.1, 0.15) is 24.2 Å². The summed E-state index contributed by atoms with van der Waals surface area (Å²) in [4.78, 5) is 13.3. The smallest absolute Gasteiger partial charge is 0.337 e. The van der Waals surface area contributed by atoms with Gasteiger partial charge < -0.3 is 20.5 Å². The number of carboxylic acid groups (broad SMARTS) is 1. The van der Waals surface area contributed by atoms with E-state index in [0.717, 1.165) is 0 Å². The van der Waals surface area contributed by atoms with E-state index in [0.29, 0.717) is 24.5 Å². The maximum absolute atomic E-state index is 11.3. The van der Waals surface area contributed by atoms with Gasteiger partial charge in [0.05, 0.1) is 17.9 Å². The number of hydrogen-bond acceptors (Lipinski definition) is 4. The Bertz CT molecular complexity index is 419.